The fraction of sp³-hybridized carbons (Fsp3) is 0.227. The molecule has 1 aliphatic heterocycles. The van der Waals surface area contributed by atoms with Crippen molar-refractivity contribution in [1.82, 2.24) is 9.78 Å². The summed E-state index contributed by atoms with van der Waals surface area (Å²) in [6.07, 6.45) is -0.283. The van der Waals surface area contributed by atoms with Gasteiger partial charge in [0.25, 0.3) is 0 Å². The van der Waals surface area contributed by atoms with Gasteiger partial charge in [-0.2, -0.15) is 5.10 Å². The summed E-state index contributed by atoms with van der Waals surface area (Å²) in [5.74, 6) is -0.208. The summed E-state index contributed by atoms with van der Waals surface area (Å²) in [4.78, 5) is 26.3. The molecule has 7 nitrogen and oxygen atoms in total. The summed E-state index contributed by atoms with van der Waals surface area (Å²) in [5.41, 5.74) is 4.33. The number of hydrogen-bond donors (Lipinski definition) is 1. The van der Waals surface area contributed by atoms with E-state index in [1.165, 1.54) is 4.90 Å². The number of cyclic esters (lactones) is 1. The van der Waals surface area contributed by atoms with Gasteiger partial charge in [0.15, 0.2) is 0 Å². The number of rotatable bonds is 5. The van der Waals surface area contributed by atoms with E-state index >= 15 is 0 Å². The first-order chi connectivity index (χ1) is 14.8. The minimum atomic E-state index is -0.420. The van der Waals surface area contributed by atoms with Crippen LogP contribution in [-0.4, -0.2) is 34.9 Å². The van der Waals surface area contributed by atoms with Crippen molar-refractivity contribution in [3.8, 4) is 5.69 Å². The molecule has 4 rings (SSSR count). The molecule has 0 saturated carbocycles. The number of amides is 2. The van der Waals surface area contributed by atoms with Crippen LogP contribution in [0.25, 0.3) is 5.69 Å². The third-order valence-electron chi connectivity index (χ3n) is 5.16. The van der Waals surface area contributed by atoms with E-state index in [0.29, 0.717) is 34.6 Å². The first kappa shape index (κ1) is 21.2. The van der Waals surface area contributed by atoms with Gasteiger partial charge in [-0.15, -0.1) is 0 Å². The summed E-state index contributed by atoms with van der Waals surface area (Å²) < 4.78 is 6.76. The molecular formula is C22H20Cl2N4O3. The molecular weight excluding hydrogens is 439 g/mol. The molecule has 0 spiro atoms. The fourth-order valence-corrected chi connectivity index (χ4v) is 3.87. The number of benzene rings is 2. The lowest BCUT2D eigenvalue weighted by Crippen LogP contribution is -2.25. The summed E-state index contributed by atoms with van der Waals surface area (Å²) in [6.45, 7) is 4.53. The summed E-state index contributed by atoms with van der Waals surface area (Å²) in [6, 6.07) is 12.4. The summed E-state index contributed by atoms with van der Waals surface area (Å²) in [5, 5.41) is 8.38. The normalized spacial score (nSPS) is 13.4. The van der Waals surface area contributed by atoms with Gasteiger partial charge in [-0.05, 0) is 44.2 Å². The average Bonchev–Trinajstić information content (AvgIpc) is 3.28. The lowest BCUT2D eigenvalue weighted by molar-refractivity contribution is -0.115. The lowest BCUT2D eigenvalue weighted by Gasteiger charge is -2.17. The van der Waals surface area contributed by atoms with Crippen LogP contribution in [0.3, 0.4) is 0 Å². The molecule has 2 aromatic carbocycles. The Bertz CT molecular complexity index is 1180. The Hall–Kier alpha value is -3.03. The molecule has 1 fully saturated rings. The second-order valence-corrected chi connectivity index (χ2v) is 7.98. The molecule has 0 atom stereocenters. The Balaban J connectivity index is 1.56. The average molecular weight is 459 g/mol. The molecule has 1 saturated heterocycles. The predicted molar refractivity (Wildman–Crippen MR) is 121 cm³/mol. The van der Waals surface area contributed by atoms with Crippen LogP contribution in [0.2, 0.25) is 10.0 Å². The van der Waals surface area contributed by atoms with E-state index in [1.807, 2.05) is 26.0 Å². The maximum Gasteiger partial charge on any atom is 0.414 e. The van der Waals surface area contributed by atoms with E-state index < -0.39 is 6.09 Å². The number of carbonyl (C=O) groups excluding carboxylic acids is 2. The molecule has 0 radical (unpaired) electrons. The van der Waals surface area contributed by atoms with Crippen molar-refractivity contribution in [1.29, 1.82) is 0 Å². The van der Waals surface area contributed by atoms with Crippen molar-refractivity contribution in [3.05, 3.63) is 69.5 Å². The molecule has 1 N–H and O–H groups in total. The van der Waals surface area contributed by atoms with Gasteiger partial charge < -0.3 is 10.1 Å². The van der Waals surface area contributed by atoms with Gasteiger partial charge in [0.1, 0.15) is 6.61 Å². The van der Waals surface area contributed by atoms with Crippen molar-refractivity contribution in [2.75, 3.05) is 23.4 Å². The Morgan fingerprint density at radius 1 is 1.16 bits per heavy atom. The molecule has 0 bridgehead atoms. The first-order valence-corrected chi connectivity index (χ1v) is 10.4. The molecule has 0 unspecified atom stereocenters. The monoisotopic (exact) mass is 458 g/mol. The van der Waals surface area contributed by atoms with Gasteiger partial charge in [0.2, 0.25) is 5.91 Å². The minimum absolute atomic E-state index is 0.137. The Morgan fingerprint density at radius 2 is 1.94 bits per heavy atom. The maximum atomic E-state index is 12.9. The first-order valence-electron chi connectivity index (χ1n) is 9.69. The molecule has 2 heterocycles. The van der Waals surface area contributed by atoms with Crippen LogP contribution in [-0.2, 0) is 16.0 Å². The van der Waals surface area contributed by atoms with Crippen LogP contribution >= 0.6 is 23.2 Å². The molecule has 9 heteroatoms. The SMILES string of the molecule is Cc1nn(-c2ccc(Cl)c(Cl)c2)c(C)c1CC(=O)Nc1ccccc1N1CCOC1=O. The molecule has 160 valence electrons. The highest BCUT2D eigenvalue weighted by Gasteiger charge is 2.26. The van der Waals surface area contributed by atoms with Crippen molar-refractivity contribution in [2.45, 2.75) is 20.3 Å². The van der Waals surface area contributed by atoms with Crippen LogP contribution in [0.4, 0.5) is 16.2 Å². The number of carbonyl (C=O) groups is 2. The molecule has 2 amide bonds. The van der Waals surface area contributed by atoms with Gasteiger partial charge in [-0.1, -0.05) is 35.3 Å². The zero-order valence-corrected chi connectivity index (χ0v) is 18.5. The van der Waals surface area contributed by atoms with Crippen molar-refractivity contribution >= 4 is 46.6 Å². The molecule has 1 aromatic heterocycles. The van der Waals surface area contributed by atoms with Crippen LogP contribution < -0.4 is 10.2 Å². The Kier molecular flexibility index (Phi) is 5.89. The second-order valence-electron chi connectivity index (χ2n) is 7.17. The summed E-state index contributed by atoms with van der Waals surface area (Å²) >= 11 is 12.2. The van der Waals surface area contributed by atoms with E-state index in [2.05, 4.69) is 10.4 Å². The predicted octanol–water partition coefficient (Wildman–Crippen LogP) is 4.93. The van der Waals surface area contributed by atoms with Crippen molar-refractivity contribution in [2.24, 2.45) is 0 Å². The van der Waals surface area contributed by atoms with Gasteiger partial charge in [0, 0.05) is 11.3 Å². The zero-order valence-electron chi connectivity index (χ0n) is 17.0. The molecule has 0 aliphatic carbocycles. The van der Waals surface area contributed by atoms with Crippen LogP contribution in [0.5, 0.6) is 0 Å². The highest BCUT2D eigenvalue weighted by Crippen LogP contribution is 2.29. The third-order valence-corrected chi connectivity index (χ3v) is 5.90. The molecule has 3 aromatic rings. The van der Waals surface area contributed by atoms with Gasteiger partial charge >= 0.3 is 6.09 Å². The van der Waals surface area contributed by atoms with Crippen LogP contribution in [0.1, 0.15) is 17.0 Å². The number of para-hydroxylation sites is 2. The van der Waals surface area contributed by atoms with Gasteiger partial charge in [0.05, 0.1) is 45.8 Å². The summed E-state index contributed by atoms with van der Waals surface area (Å²) in [7, 11) is 0. The third kappa shape index (κ3) is 4.24. The highest BCUT2D eigenvalue weighted by atomic mass is 35.5. The minimum Gasteiger partial charge on any atom is -0.447 e. The maximum absolute atomic E-state index is 12.9. The van der Waals surface area contributed by atoms with E-state index in [4.69, 9.17) is 27.9 Å². The Labute approximate surface area is 189 Å². The number of halogens is 2. The molecule has 31 heavy (non-hydrogen) atoms. The fourth-order valence-electron chi connectivity index (χ4n) is 3.58. The number of hydrogen-bond acceptors (Lipinski definition) is 4. The lowest BCUT2D eigenvalue weighted by atomic mass is 10.1. The largest absolute Gasteiger partial charge is 0.447 e. The Morgan fingerprint density at radius 3 is 2.65 bits per heavy atom. The molecule has 1 aliphatic rings. The second kappa shape index (κ2) is 8.61. The topological polar surface area (TPSA) is 76.5 Å². The van der Waals surface area contributed by atoms with E-state index in [-0.39, 0.29) is 12.3 Å². The van der Waals surface area contributed by atoms with Crippen molar-refractivity contribution < 1.29 is 14.3 Å². The number of nitrogens with one attached hydrogen (secondary N) is 1. The standard InChI is InChI=1S/C22H20Cl2N4O3/c1-13-16(14(2)28(26-13)15-7-8-17(23)18(24)11-15)12-21(29)25-19-5-3-4-6-20(19)27-9-10-31-22(27)30/h3-8,11H,9-10,12H2,1-2H3,(H,25,29). The number of nitrogens with zero attached hydrogens (tertiary/aromatic N) is 3. The number of ether oxygens (including phenoxy) is 1. The van der Waals surface area contributed by atoms with Crippen LogP contribution in [0.15, 0.2) is 42.5 Å². The van der Waals surface area contributed by atoms with Crippen molar-refractivity contribution in [3.63, 3.8) is 0 Å². The smallest absolute Gasteiger partial charge is 0.414 e. The van der Waals surface area contributed by atoms with Gasteiger partial charge in [-0.3, -0.25) is 9.69 Å². The zero-order chi connectivity index (χ0) is 22.1. The number of aryl methyl sites for hydroxylation is 1. The number of aromatic nitrogens is 2. The van der Waals surface area contributed by atoms with Crippen LogP contribution in [0, 0.1) is 13.8 Å². The highest BCUT2D eigenvalue weighted by molar-refractivity contribution is 6.42. The van der Waals surface area contributed by atoms with Gasteiger partial charge in [-0.25, -0.2) is 9.48 Å². The van der Waals surface area contributed by atoms with E-state index in [0.717, 1.165) is 22.6 Å². The number of anilines is 2. The van der Waals surface area contributed by atoms with E-state index in [1.54, 1.807) is 35.0 Å². The quantitative estimate of drug-likeness (QED) is 0.587. The van der Waals surface area contributed by atoms with E-state index in [9.17, 15) is 9.59 Å².